The molecule has 0 aliphatic heterocycles. The number of hydrogen-bond acceptors (Lipinski definition) is 0. The fourth-order valence-corrected chi connectivity index (χ4v) is 4.28. The second-order valence-corrected chi connectivity index (χ2v) is 8.57. The Kier molecular flexibility index (Phi) is 8.73. The SMILES string of the molecule is CCCC#CCC1CCC(c2ccc(C#Cc3cc(F)c(CCC)c(F)c3)cc2)CC1. The van der Waals surface area contributed by atoms with Crippen molar-refractivity contribution in [3.05, 3.63) is 70.3 Å². The maximum Gasteiger partial charge on any atom is 0.130 e. The van der Waals surface area contributed by atoms with Crippen LogP contribution in [0, 0.1) is 41.2 Å². The third-order valence-corrected chi connectivity index (χ3v) is 6.11. The van der Waals surface area contributed by atoms with Gasteiger partial charge in [0.15, 0.2) is 0 Å². The Hall–Kier alpha value is -2.58. The lowest BCUT2D eigenvalue weighted by Gasteiger charge is -2.27. The molecule has 0 radical (unpaired) electrons. The van der Waals surface area contributed by atoms with Crippen molar-refractivity contribution in [1.29, 1.82) is 0 Å². The van der Waals surface area contributed by atoms with E-state index in [0.29, 0.717) is 24.3 Å². The van der Waals surface area contributed by atoms with Gasteiger partial charge in [0.05, 0.1) is 0 Å². The summed E-state index contributed by atoms with van der Waals surface area (Å²) < 4.78 is 28.2. The Morgan fingerprint density at radius 1 is 0.806 bits per heavy atom. The molecule has 0 heterocycles. The van der Waals surface area contributed by atoms with Crippen LogP contribution < -0.4 is 0 Å². The van der Waals surface area contributed by atoms with Gasteiger partial charge in [-0.25, -0.2) is 8.78 Å². The molecule has 1 saturated carbocycles. The molecule has 0 atom stereocenters. The van der Waals surface area contributed by atoms with E-state index in [2.05, 4.69) is 42.7 Å². The van der Waals surface area contributed by atoms with Crippen LogP contribution in [0.4, 0.5) is 8.78 Å². The van der Waals surface area contributed by atoms with Gasteiger partial charge in [0.2, 0.25) is 0 Å². The molecule has 0 amide bonds. The van der Waals surface area contributed by atoms with Crippen LogP contribution in [0.5, 0.6) is 0 Å². The Balaban J connectivity index is 1.58. The predicted octanol–water partition coefficient (Wildman–Crippen LogP) is 7.78. The van der Waals surface area contributed by atoms with Gasteiger partial charge in [-0.1, -0.05) is 44.2 Å². The predicted molar refractivity (Wildman–Crippen MR) is 125 cm³/mol. The van der Waals surface area contributed by atoms with Gasteiger partial charge in [-0.15, -0.1) is 11.8 Å². The van der Waals surface area contributed by atoms with Crippen LogP contribution in [0.2, 0.25) is 0 Å². The fourth-order valence-electron chi connectivity index (χ4n) is 4.28. The Morgan fingerprint density at radius 3 is 2.06 bits per heavy atom. The second kappa shape index (κ2) is 11.7. The van der Waals surface area contributed by atoms with Crippen LogP contribution in [0.25, 0.3) is 0 Å². The molecule has 0 spiro atoms. The third-order valence-electron chi connectivity index (χ3n) is 6.11. The minimum Gasteiger partial charge on any atom is -0.207 e. The van der Waals surface area contributed by atoms with Crippen LogP contribution in [0.1, 0.15) is 93.4 Å². The van der Waals surface area contributed by atoms with E-state index in [-0.39, 0.29) is 5.56 Å². The van der Waals surface area contributed by atoms with E-state index in [1.165, 1.54) is 43.4 Å². The van der Waals surface area contributed by atoms with E-state index in [9.17, 15) is 8.78 Å². The van der Waals surface area contributed by atoms with Crippen molar-refractivity contribution in [3.8, 4) is 23.7 Å². The van der Waals surface area contributed by atoms with Gasteiger partial charge in [0.1, 0.15) is 11.6 Å². The van der Waals surface area contributed by atoms with Crippen LogP contribution in [-0.2, 0) is 6.42 Å². The van der Waals surface area contributed by atoms with Gasteiger partial charge in [-0.05, 0) is 80.2 Å². The van der Waals surface area contributed by atoms with E-state index < -0.39 is 11.6 Å². The first-order valence-corrected chi connectivity index (χ1v) is 11.7. The van der Waals surface area contributed by atoms with E-state index in [1.54, 1.807) is 0 Å². The maximum absolute atomic E-state index is 14.1. The second-order valence-electron chi connectivity index (χ2n) is 8.57. The molecule has 2 aromatic carbocycles. The Morgan fingerprint density at radius 2 is 1.45 bits per heavy atom. The summed E-state index contributed by atoms with van der Waals surface area (Å²) in [6.45, 7) is 4.08. The number of rotatable bonds is 5. The molecule has 31 heavy (non-hydrogen) atoms. The topological polar surface area (TPSA) is 0 Å². The molecule has 0 bridgehead atoms. The maximum atomic E-state index is 14.1. The fraction of sp³-hybridized carbons (Fsp3) is 0.448. The zero-order valence-electron chi connectivity index (χ0n) is 18.7. The summed E-state index contributed by atoms with van der Waals surface area (Å²) in [5, 5.41) is 0. The lowest BCUT2D eigenvalue weighted by molar-refractivity contribution is 0.331. The summed E-state index contributed by atoms with van der Waals surface area (Å²) in [5.41, 5.74) is 2.75. The molecule has 1 fully saturated rings. The minimum atomic E-state index is -0.506. The molecule has 162 valence electrons. The summed E-state index contributed by atoms with van der Waals surface area (Å²) >= 11 is 0. The summed E-state index contributed by atoms with van der Waals surface area (Å²) in [6, 6.07) is 11.0. The van der Waals surface area contributed by atoms with Crippen LogP contribution >= 0.6 is 0 Å². The number of halogens is 2. The highest BCUT2D eigenvalue weighted by Crippen LogP contribution is 2.36. The molecule has 0 saturated heterocycles. The molecule has 0 aromatic heterocycles. The first kappa shape index (κ1) is 23.1. The number of unbranched alkanes of at least 4 members (excludes halogenated alkanes) is 1. The van der Waals surface area contributed by atoms with E-state index >= 15 is 0 Å². The van der Waals surface area contributed by atoms with Crippen molar-refractivity contribution in [2.45, 2.75) is 77.6 Å². The van der Waals surface area contributed by atoms with Crippen LogP contribution in [-0.4, -0.2) is 0 Å². The van der Waals surface area contributed by atoms with Crippen molar-refractivity contribution in [2.24, 2.45) is 5.92 Å². The molecule has 0 N–H and O–H groups in total. The van der Waals surface area contributed by atoms with E-state index in [0.717, 1.165) is 30.7 Å². The summed E-state index contributed by atoms with van der Waals surface area (Å²) in [5.74, 6) is 12.9. The molecular formula is C29H32F2. The van der Waals surface area contributed by atoms with Gasteiger partial charge in [0, 0.05) is 29.5 Å². The highest BCUT2D eigenvalue weighted by Gasteiger charge is 2.21. The highest BCUT2D eigenvalue weighted by atomic mass is 19.1. The lowest BCUT2D eigenvalue weighted by atomic mass is 9.77. The van der Waals surface area contributed by atoms with Crippen molar-refractivity contribution < 1.29 is 8.78 Å². The lowest BCUT2D eigenvalue weighted by Crippen LogP contribution is -2.12. The van der Waals surface area contributed by atoms with Crippen LogP contribution in [0.3, 0.4) is 0 Å². The average Bonchev–Trinajstić information content (AvgIpc) is 2.79. The van der Waals surface area contributed by atoms with Crippen molar-refractivity contribution >= 4 is 0 Å². The molecule has 2 aromatic rings. The Labute approximate surface area is 186 Å². The first-order chi connectivity index (χ1) is 15.1. The molecule has 2 heteroatoms. The van der Waals surface area contributed by atoms with Crippen molar-refractivity contribution in [1.82, 2.24) is 0 Å². The number of hydrogen-bond donors (Lipinski definition) is 0. The van der Waals surface area contributed by atoms with E-state index in [1.807, 2.05) is 19.1 Å². The van der Waals surface area contributed by atoms with Crippen molar-refractivity contribution in [2.75, 3.05) is 0 Å². The highest BCUT2D eigenvalue weighted by molar-refractivity contribution is 5.45. The quantitative estimate of drug-likeness (QED) is 0.435. The summed E-state index contributed by atoms with van der Waals surface area (Å²) in [6.07, 6.45) is 9.23. The zero-order valence-corrected chi connectivity index (χ0v) is 18.7. The van der Waals surface area contributed by atoms with Crippen LogP contribution in [0.15, 0.2) is 36.4 Å². The minimum absolute atomic E-state index is 0.153. The molecule has 3 rings (SSSR count). The average molecular weight is 419 g/mol. The molecule has 0 nitrogen and oxygen atoms in total. The standard InChI is InChI=1S/C29H32F2/c1-3-5-6-7-9-22-12-16-25(17-13-22)26-18-14-23(15-19-26)10-11-24-20-28(30)27(8-4-2)29(31)21-24/h14-15,18-22,25H,3-5,8-9,12-13,16-17H2,1-2H3. The molecular weight excluding hydrogens is 386 g/mol. The third kappa shape index (κ3) is 6.70. The summed E-state index contributed by atoms with van der Waals surface area (Å²) in [7, 11) is 0. The smallest absolute Gasteiger partial charge is 0.130 e. The van der Waals surface area contributed by atoms with Gasteiger partial charge >= 0.3 is 0 Å². The molecule has 0 unspecified atom stereocenters. The van der Waals surface area contributed by atoms with Gasteiger partial charge < -0.3 is 0 Å². The number of benzene rings is 2. The first-order valence-electron chi connectivity index (χ1n) is 11.7. The zero-order chi connectivity index (χ0) is 22.1. The van der Waals surface area contributed by atoms with E-state index in [4.69, 9.17) is 0 Å². The molecule has 1 aliphatic carbocycles. The van der Waals surface area contributed by atoms with Gasteiger partial charge in [-0.3, -0.25) is 0 Å². The molecule has 1 aliphatic rings. The van der Waals surface area contributed by atoms with Gasteiger partial charge in [-0.2, -0.15) is 0 Å². The monoisotopic (exact) mass is 418 g/mol. The Bertz CT molecular complexity index is 948. The summed E-state index contributed by atoms with van der Waals surface area (Å²) in [4.78, 5) is 0. The van der Waals surface area contributed by atoms with Gasteiger partial charge in [0.25, 0.3) is 0 Å². The van der Waals surface area contributed by atoms with Crippen molar-refractivity contribution in [3.63, 3.8) is 0 Å². The normalized spacial score (nSPS) is 17.9. The largest absolute Gasteiger partial charge is 0.207 e.